The molecule has 5 heteroatoms. The third-order valence-electron chi connectivity index (χ3n) is 2.43. The van der Waals surface area contributed by atoms with E-state index in [1.165, 1.54) is 24.4 Å². The van der Waals surface area contributed by atoms with Crippen LogP contribution in [0.25, 0.3) is 11.1 Å². The highest BCUT2D eigenvalue weighted by atomic mass is 19.1. The Balaban J connectivity index is 2.52. The molecule has 92 valence electrons. The molecule has 0 atom stereocenters. The maximum absolute atomic E-state index is 13.1. The van der Waals surface area contributed by atoms with Gasteiger partial charge in [0.1, 0.15) is 5.82 Å². The second-order valence-corrected chi connectivity index (χ2v) is 3.75. The van der Waals surface area contributed by atoms with Gasteiger partial charge in [0.05, 0.1) is 6.42 Å². The zero-order valence-electron chi connectivity index (χ0n) is 9.23. The van der Waals surface area contributed by atoms with Crippen LogP contribution in [0, 0.1) is 11.8 Å². The third-order valence-corrected chi connectivity index (χ3v) is 2.43. The van der Waals surface area contributed by atoms with Crippen LogP contribution in [0.4, 0.5) is 8.78 Å². The van der Waals surface area contributed by atoms with Gasteiger partial charge in [0.2, 0.25) is 5.95 Å². The SMILES string of the molecule is O=C(O)Cc1cc(F)ncc1-c1cccc(F)c1. The van der Waals surface area contributed by atoms with Crippen molar-refractivity contribution in [3.05, 3.63) is 53.9 Å². The quantitative estimate of drug-likeness (QED) is 0.851. The predicted octanol–water partition coefficient (Wildman–Crippen LogP) is 2.65. The van der Waals surface area contributed by atoms with Crippen molar-refractivity contribution >= 4 is 5.97 Å². The van der Waals surface area contributed by atoms with Gasteiger partial charge in [-0.15, -0.1) is 0 Å². The predicted molar refractivity (Wildman–Crippen MR) is 60.9 cm³/mol. The molecule has 2 aromatic rings. The Morgan fingerprint density at radius 1 is 1.28 bits per heavy atom. The van der Waals surface area contributed by atoms with Crippen molar-refractivity contribution in [2.24, 2.45) is 0 Å². The number of hydrogen-bond acceptors (Lipinski definition) is 2. The van der Waals surface area contributed by atoms with E-state index >= 15 is 0 Å². The number of aromatic nitrogens is 1. The standard InChI is InChI=1S/C13H9F2NO2/c14-10-3-1-2-8(4-10)11-7-16-12(15)5-9(11)6-13(17)18/h1-5,7H,6H2,(H,17,18). The molecule has 1 N–H and O–H groups in total. The Kier molecular flexibility index (Phi) is 3.32. The summed E-state index contributed by atoms with van der Waals surface area (Å²) in [7, 11) is 0. The van der Waals surface area contributed by atoms with Crippen molar-refractivity contribution < 1.29 is 18.7 Å². The first-order chi connectivity index (χ1) is 8.56. The van der Waals surface area contributed by atoms with E-state index in [4.69, 9.17) is 5.11 Å². The summed E-state index contributed by atoms with van der Waals surface area (Å²) >= 11 is 0. The van der Waals surface area contributed by atoms with Crippen LogP contribution in [0.3, 0.4) is 0 Å². The molecule has 0 fully saturated rings. The van der Waals surface area contributed by atoms with Crippen molar-refractivity contribution in [3.63, 3.8) is 0 Å². The van der Waals surface area contributed by atoms with E-state index in [1.54, 1.807) is 6.07 Å². The van der Waals surface area contributed by atoms with Gasteiger partial charge in [-0.1, -0.05) is 12.1 Å². The lowest BCUT2D eigenvalue weighted by Crippen LogP contribution is -2.03. The van der Waals surface area contributed by atoms with Gasteiger partial charge in [0, 0.05) is 11.8 Å². The summed E-state index contributed by atoms with van der Waals surface area (Å²) in [4.78, 5) is 14.2. The largest absolute Gasteiger partial charge is 0.481 e. The van der Waals surface area contributed by atoms with Crippen LogP contribution in [-0.2, 0) is 11.2 Å². The van der Waals surface area contributed by atoms with E-state index < -0.39 is 17.7 Å². The first kappa shape index (κ1) is 12.2. The smallest absolute Gasteiger partial charge is 0.307 e. The number of nitrogens with zero attached hydrogens (tertiary/aromatic N) is 1. The summed E-state index contributed by atoms with van der Waals surface area (Å²) in [5.41, 5.74) is 1.15. The van der Waals surface area contributed by atoms with Gasteiger partial charge in [0.25, 0.3) is 0 Å². The Labute approximate surface area is 102 Å². The third kappa shape index (κ3) is 2.68. The topological polar surface area (TPSA) is 50.2 Å². The number of benzene rings is 1. The van der Waals surface area contributed by atoms with Crippen molar-refractivity contribution in [1.82, 2.24) is 4.98 Å². The fraction of sp³-hybridized carbons (Fsp3) is 0.0769. The van der Waals surface area contributed by atoms with Crippen LogP contribution >= 0.6 is 0 Å². The molecule has 1 aromatic heterocycles. The lowest BCUT2D eigenvalue weighted by molar-refractivity contribution is -0.136. The normalized spacial score (nSPS) is 10.3. The molecule has 18 heavy (non-hydrogen) atoms. The monoisotopic (exact) mass is 249 g/mol. The van der Waals surface area contributed by atoms with Gasteiger partial charge in [-0.25, -0.2) is 9.37 Å². The minimum atomic E-state index is -1.08. The van der Waals surface area contributed by atoms with Gasteiger partial charge in [-0.3, -0.25) is 4.79 Å². The zero-order valence-corrected chi connectivity index (χ0v) is 9.23. The van der Waals surface area contributed by atoms with Gasteiger partial charge in [-0.05, 0) is 29.3 Å². The van der Waals surface area contributed by atoms with E-state index in [0.717, 1.165) is 6.07 Å². The number of carboxylic acid groups (broad SMARTS) is 1. The van der Waals surface area contributed by atoms with Gasteiger partial charge in [-0.2, -0.15) is 4.39 Å². The molecule has 0 unspecified atom stereocenters. The van der Waals surface area contributed by atoms with Crippen LogP contribution in [0.2, 0.25) is 0 Å². The summed E-state index contributed by atoms with van der Waals surface area (Å²) < 4.78 is 26.1. The number of hydrogen-bond donors (Lipinski definition) is 1. The van der Waals surface area contributed by atoms with Gasteiger partial charge >= 0.3 is 5.97 Å². The summed E-state index contributed by atoms with van der Waals surface area (Å²) in [6.45, 7) is 0. The Hall–Kier alpha value is -2.30. The van der Waals surface area contributed by atoms with Gasteiger partial charge < -0.3 is 5.11 Å². The lowest BCUT2D eigenvalue weighted by Gasteiger charge is -2.07. The molecule has 1 aromatic carbocycles. The maximum atomic E-state index is 13.1. The highest BCUT2D eigenvalue weighted by Gasteiger charge is 2.11. The van der Waals surface area contributed by atoms with Crippen LogP contribution in [-0.4, -0.2) is 16.1 Å². The van der Waals surface area contributed by atoms with E-state index in [0.29, 0.717) is 11.1 Å². The van der Waals surface area contributed by atoms with E-state index in [2.05, 4.69) is 4.98 Å². The van der Waals surface area contributed by atoms with E-state index in [1.807, 2.05) is 0 Å². The van der Waals surface area contributed by atoms with E-state index in [-0.39, 0.29) is 12.0 Å². The molecule has 0 aliphatic rings. The van der Waals surface area contributed by atoms with Crippen molar-refractivity contribution in [1.29, 1.82) is 0 Å². The second-order valence-electron chi connectivity index (χ2n) is 3.75. The summed E-state index contributed by atoms with van der Waals surface area (Å²) in [5, 5.41) is 8.77. The Morgan fingerprint density at radius 2 is 2.06 bits per heavy atom. The van der Waals surface area contributed by atoms with Crippen LogP contribution in [0.5, 0.6) is 0 Å². The molecule has 0 saturated carbocycles. The van der Waals surface area contributed by atoms with Crippen LogP contribution in [0.15, 0.2) is 36.5 Å². The van der Waals surface area contributed by atoms with E-state index in [9.17, 15) is 13.6 Å². The molecule has 0 aliphatic carbocycles. The van der Waals surface area contributed by atoms with Crippen molar-refractivity contribution in [3.8, 4) is 11.1 Å². The van der Waals surface area contributed by atoms with Crippen LogP contribution < -0.4 is 0 Å². The average Bonchev–Trinajstić information content (AvgIpc) is 2.28. The average molecular weight is 249 g/mol. The maximum Gasteiger partial charge on any atom is 0.307 e. The highest BCUT2D eigenvalue weighted by Crippen LogP contribution is 2.24. The number of aliphatic carboxylic acids is 1. The summed E-state index contributed by atoms with van der Waals surface area (Å²) in [5.74, 6) is -2.29. The molecule has 3 nitrogen and oxygen atoms in total. The molecule has 1 heterocycles. The molecule has 0 amide bonds. The molecule has 0 saturated heterocycles. The lowest BCUT2D eigenvalue weighted by atomic mass is 10.00. The number of pyridine rings is 1. The van der Waals surface area contributed by atoms with Crippen LogP contribution in [0.1, 0.15) is 5.56 Å². The molecule has 0 aliphatic heterocycles. The molecular formula is C13H9F2NO2. The Morgan fingerprint density at radius 3 is 2.72 bits per heavy atom. The number of halogens is 2. The van der Waals surface area contributed by atoms with Crippen molar-refractivity contribution in [2.75, 3.05) is 0 Å². The Bertz CT molecular complexity index is 599. The second kappa shape index (κ2) is 4.91. The zero-order chi connectivity index (χ0) is 13.1. The molecule has 0 radical (unpaired) electrons. The molecule has 0 bridgehead atoms. The van der Waals surface area contributed by atoms with Gasteiger partial charge in [0.15, 0.2) is 0 Å². The number of rotatable bonds is 3. The number of carboxylic acids is 1. The highest BCUT2D eigenvalue weighted by molar-refractivity contribution is 5.76. The molecular weight excluding hydrogens is 240 g/mol. The molecule has 2 rings (SSSR count). The minimum absolute atomic E-state index is 0.264. The summed E-state index contributed by atoms with van der Waals surface area (Å²) in [6, 6.07) is 6.69. The fourth-order valence-electron chi connectivity index (χ4n) is 1.69. The fourth-order valence-corrected chi connectivity index (χ4v) is 1.69. The summed E-state index contributed by atoms with van der Waals surface area (Å²) in [6.07, 6.45) is 0.869. The number of carbonyl (C=O) groups is 1. The first-order valence-electron chi connectivity index (χ1n) is 5.18. The molecule has 0 spiro atoms. The first-order valence-corrected chi connectivity index (χ1v) is 5.18. The van der Waals surface area contributed by atoms with Crippen molar-refractivity contribution in [2.45, 2.75) is 6.42 Å². The minimum Gasteiger partial charge on any atom is -0.481 e.